The van der Waals surface area contributed by atoms with E-state index in [2.05, 4.69) is 10.2 Å². The molecule has 2 fully saturated rings. The number of nitrogens with one attached hydrogen (secondary N) is 1. The summed E-state index contributed by atoms with van der Waals surface area (Å²) in [5.74, 6) is 0.329. The number of anilines is 2. The van der Waals surface area contributed by atoms with Crippen LogP contribution in [0, 0.1) is 12.8 Å². The molecule has 0 atom stereocenters. The first-order valence-electron chi connectivity index (χ1n) is 11.4. The van der Waals surface area contributed by atoms with Crippen molar-refractivity contribution in [2.45, 2.75) is 58.0 Å². The molecule has 0 radical (unpaired) electrons. The first-order chi connectivity index (χ1) is 14.9. The van der Waals surface area contributed by atoms with E-state index in [-0.39, 0.29) is 17.7 Å². The zero-order valence-electron chi connectivity index (χ0n) is 18.9. The van der Waals surface area contributed by atoms with E-state index in [1.165, 1.54) is 0 Å². The topological polar surface area (TPSA) is 52.7 Å². The maximum atomic E-state index is 13.3. The molecule has 0 aliphatic heterocycles. The fourth-order valence-corrected chi connectivity index (χ4v) is 4.54. The lowest BCUT2D eigenvalue weighted by Gasteiger charge is -2.26. The number of hydrogen-bond acceptors (Lipinski definition) is 3. The van der Waals surface area contributed by atoms with Crippen molar-refractivity contribution >= 4 is 23.2 Å². The summed E-state index contributed by atoms with van der Waals surface area (Å²) in [5, 5.41) is 3.12. The Morgan fingerprint density at radius 2 is 1.74 bits per heavy atom. The Bertz CT molecular complexity index is 959. The molecule has 2 aliphatic carbocycles. The highest BCUT2D eigenvalue weighted by molar-refractivity contribution is 5.95. The van der Waals surface area contributed by atoms with Gasteiger partial charge in [-0.05, 0) is 68.5 Å². The van der Waals surface area contributed by atoms with Gasteiger partial charge in [-0.2, -0.15) is 0 Å². The molecule has 31 heavy (non-hydrogen) atoms. The summed E-state index contributed by atoms with van der Waals surface area (Å²) in [6, 6.07) is 14.2. The summed E-state index contributed by atoms with van der Waals surface area (Å²) < 4.78 is 0. The number of carbonyl (C=O) groups is 2. The molecule has 0 bridgehead atoms. The second kappa shape index (κ2) is 9.13. The van der Waals surface area contributed by atoms with Crippen molar-refractivity contribution in [1.29, 1.82) is 0 Å². The lowest BCUT2D eigenvalue weighted by molar-refractivity contribution is -0.119. The molecule has 2 aliphatic rings. The number of nitrogens with zero attached hydrogens (tertiary/aromatic N) is 2. The van der Waals surface area contributed by atoms with E-state index < -0.39 is 0 Å². The van der Waals surface area contributed by atoms with Crippen LogP contribution in [-0.4, -0.2) is 36.9 Å². The molecule has 0 saturated heterocycles. The van der Waals surface area contributed by atoms with Crippen molar-refractivity contribution in [1.82, 2.24) is 4.90 Å². The number of carbonyl (C=O) groups excluding carboxylic acids is 2. The van der Waals surface area contributed by atoms with Crippen LogP contribution < -0.4 is 10.2 Å². The van der Waals surface area contributed by atoms with Gasteiger partial charge < -0.3 is 15.1 Å². The van der Waals surface area contributed by atoms with Crippen molar-refractivity contribution in [2.75, 3.05) is 24.3 Å². The first kappa shape index (κ1) is 21.4. The molecule has 4 rings (SSSR count). The van der Waals surface area contributed by atoms with E-state index in [1.54, 1.807) is 0 Å². The van der Waals surface area contributed by atoms with Crippen LogP contribution in [0.25, 0.3) is 0 Å². The molecule has 2 saturated carbocycles. The maximum Gasteiger partial charge on any atom is 0.254 e. The summed E-state index contributed by atoms with van der Waals surface area (Å²) in [6.45, 7) is 2.55. The Hall–Kier alpha value is -2.82. The lowest BCUT2D eigenvalue weighted by atomic mass is 10.1. The van der Waals surface area contributed by atoms with Gasteiger partial charge >= 0.3 is 0 Å². The van der Waals surface area contributed by atoms with E-state index in [1.807, 2.05) is 68.4 Å². The number of aryl methyl sites for hydroxylation is 1. The Balaban J connectivity index is 1.58. The monoisotopic (exact) mass is 419 g/mol. The lowest BCUT2D eigenvalue weighted by Crippen LogP contribution is -2.33. The van der Waals surface area contributed by atoms with E-state index in [0.717, 1.165) is 66.6 Å². The molecule has 2 aromatic carbocycles. The van der Waals surface area contributed by atoms with E-state index in [0.29, 0.717) is 12.6 Å². The molecule has 1 N–H and O–H groups in total. The van der Waals surface area contributed by atoms with Gasteiger partial charge in [-0.15, -0.1) is 0 Å². The highest BCUT2D eigenvalue weighted by atomic mass is 16.2. The van der Waals surface area contributed by atoms with Crippen LogP contribution in [0.2, 0.25) is 0 Å². The number of hydrogen-bond donors (Lipinski definition) is 1. The van der Waals surface area contributed by atoms with Crippen LogP contribution in [0.3, 0.4) is 0 Å². The summed E-state index contributed by atoms with van der Waals surface area (Å²) in [4.78, 5) is 30.0. The van der Waals surface area contributed by atoms with Gasteiger partial charge in [0.1, 0.15) is 0 Å². The van der Waals surface area contributed by atoms with Crippen molar-refractivity contribution < 1.29 is 9.59 Å². The Morgan fingerprint density at radius 1 is 1.00 bits per heavy atom. The van der Waals surface area contributed by atoms with Crippen molar-refractivity contribution in [3.8, 4) is 0 Å². The van der Waals surface area contributed by atoms with Gasteiger partial charge in [-0.25, -0.2) is 0 Å². The van der Waals surface area contributed by atoms with Gasteiger partial charge in [0.05, 0.1) is 0 Å². The highest BCUT2D eigenvalue weighted by Gasteiger charge is 2.33. The average Bonchev–Trinajstić information content (AvgIpc) is 3.43. The molecule has 5 nitrogen and oxygen atoms in total. The molecule has 164 valence electrons. The summed E-state index contributed by atoms with van der Waals surface area (Å²) in [7, 11) is 4.03. The van der Waals surface area contributed by atoms with Crippen molar-refractivity contribution in [3.63, 3.8) is 0 Å². The van der Waals surface area contributed by atoms with Crippen molar-refractivity contribution in [3.05, 3.63) is 59.2 Å². The SMILES string of the molecule is Cc1cccc(C(=O)N(Cc2cc(NC(=O)C3CCCC3)ccc2N(C)C)C2CC2)c1. The van der Waals surface area contributed by atoms with Gasteiger partial charge in [-0.3, -0.25) is 9.59 Å². The molecule has 0 unspecified atom stereocenters. The largest absolute Gasteiger partial charge is 0.377 e. The second-order valence-corrected chi connectivity index (χ2v) is 9.24. The minimum atomic E-state index is 0.0799. The number of benzene rings is 2. The zero-order valence-corrected chi connectivity index (χ0v) is 18.9. The molecule has 2 aromatic rings. The third kappa shape index (κ3) is 5.09. The third-order valence-corrected chi connectivity index (χ3v) is 6.41. The van der Waals surface area contributed by atoms with Crippen LogP contribution in [0.4, 0.5) is 11.4 Å². The van der Waals surface area contributed by atoms with E-state index >= 15 is 0 Å². The second-order valence-electron chi connectivity index (χ2n) is 9.24. The predicted molar refractivity (Wildman–Crippen MR) is 125 cm³/mol. The molecular weight excluding hydrogens is 386 g/mol. The molecule has 0 heterocycles. The smallest absolute Gasteiger partial charge is 0.254 e. The molecule has 5 heteroatoms. The standard InChI is InChI=1S/C26H33N3O2/c1-18-7-6-10-20(15-18)26(31)29(23-12-13-23)17-21-16-22(11-14-24(21)28(2)3)27-25(30)19-8-4-5-9-19/h6-7,10-11,14-16,19,23H,4-5,8-9,12-13,17H2,1-3H3,(H,27,30). The van der Waals surface area contributed by atoms with Crippen LogP contribution in [0.15, 0.2) is 42.5 Å². The van der Waals surface area contributed by atoms with E-state index in [4.69, 9.17) is 0 Å². The highest BCUT2D eigenvalue weighted by Crippen LogP contribution is 2.33. The molecular formula is C26H33N3O2. The van der Waals surface area contributed by atoms with Gasteiger partial charge in [0.15, 0.2) is 0 Å². The van der Waals surface area contributed by atoms with Gasteiger partial charge in [0.2, 0.25) is 5.91 Å². The first-order valence-corrected chi connectivity index (χ1v) is 11.4. The van der Waals surface area contributed by atoms with Gasteiger partial charge in [0, 0.05) is 49.5 Å². The summed E-state index contributed by atoms with van der Waals surface area (Å²) in [6.07, 6.45) is 6.34. The number of rotatable bonds is 7. The number of amides is 2. The van der Waals surface area contributed by atoms with Crippen LogP contribution in [-0.2, 0) is 11.3 Å². The normalized spacial score (nSPS) is 16.2. The quantitative estimate of drug-likeness (QED) is 0.687. The van der Waals surface area contributed by atoms with Crippen LogP contribution in [0.1, 0.15) is 60.0 Å². The Labute approximate surface area is 185 Å². The van der Waals surface area contributed by atoms with Crippen LogP contribution in [0.5, 0.6) is 0 Å². The minimum absolute atomic E-state index is 0.0799. The minimum Gasteiger partial charge on any atom is -0.377 e. The fourth-order valence-electron chi connectivity index (χ4n) is 4.54. The fraction of sp³-hybridized carbons (Fsp3) is 0.462. The Morgan fingerprint density at radius 3 is 2.39 bits per heavy atom. The van der Waals surface area contributed by atoms with Crippen LogP contribution >= 0.6 is 0 Å². The van der Waals surface area contributed by atoms with Gasteiger partial charge in [0.25, 0.3) is 5.91 Å². The maximum absolute atomic E-state index is 13.3. The van der Waals surface area contributed by atoms with E-state index in [9.17, 15) is 9.59 Å². The molecule has 2 amide bonds. The summed E-state index contributed by atoms with van der Waals surface area (Å²) >= 11 is 0. The molecule has 0 spiro atoms. The van der Waals surface area contributed by atoms with Gasteiger partial charge in [-0.1, -0.05) is 30.5 Å². The third-order valence-electron chi connectivity index (χ3n) is 6.41. The van der Waals surface area contributed by atoms with Crippen molar-refractivity contribution in [2.24, 2.45) is 5.92 Å². The Kier molecular flexibility index (Phi) is 6.30. The zero-order chi connectivity index (χ0) is 22.0. The predicted octanol–water partition coefficient (Wildman–Crippen LogP) is 4.99. The molecule has 0 aromatic heterocycles. The average molecular weight is 420 g/mol. The summed E-state index contributed by atoms with van der Waals surface area (Å²) in [5.41, 5.74) is 4.77.